The van der Waals surface area contributed by atoms with E-state index in [-0.39, 0.29) is 5.75 Å². The highest BCUT2D eigenvalue weighted by Crippen LogP contribution is 2.29. The monoisotopic (exact) mass is 240 g/mol. The molecule has 1 N–H and O–H groups in total. The number of carbonyl (C=O) groups is 1. The lowest BCUT2D eigenvalue weighted by molar-refractivity contribution is 0.112. The van der Waals surface area contributed by atoms with E-state index in [2.05, 4.69) is 22.5 Å². The van der Waals surface area contributed by atoms with Crippen LogP contribution in [0.3, 0.4) is 0 Å². The van der Waals surface area contributed by atoms with Gasteiger partial charge in [-0.05, 0) is 24.6 Å². The number of benzene rings is 1. The molecule has 13 heavy (non-hydrogen) atoms. The molecule has 0 unspecified atom stereocenters. The highest BCUT2D eigenvalue weighted by molar-refractivity contribution is 9.10. The Hall–Kier alpha value is -1.09. The summed E-state index contributed by atoms with van der Waals surface area (Å²) in [4.78, 5) is 10.5. The second-order valence-corrected chi connectivity index (χ2v) is 3.64. The standard InChI is InChI=1S/C10H9BrO2/c1-6(2)8-4-9(11)7(5-12)3-10(8)13/h3-5,13H,1H2,2H3. The van der Waals surface area contributed by atoms with Crippen LogP contribution in [0.1, 0.15) is 22.8 Å². The average molecular weight is 241 g/mol. The minimum absolute atomic E-state index is 0.0813. The number of aldehydes is 1. The molecule has 0 saturated heterocycles. The van der Waals surface area contributed by atoms with Gasteiger partial charge in [0.25, 0.3) is 0 Å². The molecule has 0 aliphatic heterocycles. The summed E-state index contributed by atoms with van der Waals surface area (Å²) < 4.78 is 0.665. The van der Waals surface area contributed by atoms with Gasteiger partial charge in [0.2, 0.25) is 0 Å². The third-order valence-electron chi connectivity index (χ3n) is 1.70. The quantitative estimate of drug-likeness (QED) is 0.808. The highest BCUT2D eigenvalue weighted by atomic mass is 79.9. The zero-order valence-corrected chi connectivity index (χ0v) is 8.76. The number of allylic oxidation sites excluding steroid dienone is 1. The molecule has 0 radical (unpaired) electrons. The van der Waals surface area contributed by atoms with Crippen molar-refractivity contribution in [2.24, 2.45) is 0 Å². The summed E-state index contributed by atoms with van der Waals surface area (Å²) in [7, 11) is 0. The van der Waals surface area contributed by atoms with E-state index < -0.39 is 0 Å². The van der Waals surface area contributed by atoms with E-state index in [9.17, 15) is 9.90 Å². The molecule has 3 heteroatoms. The molecule has 0 spiro atoms. The fraction of sp³-hybridized carbons (Fsp3) is 0.100. The van der Waals surface area contributed by atoms with Crippen LogP contribution in [0.2, 0.25) is 0 Å². The Bertz CT molecular complexity index is 369. The molecule has 0 aliphatic rings. The van der Waals surface area contributed by atoms with Crippen molar-refractivity contribution in [2.45, 2.75) is 6.92 Å². The van der Waals surface area contributed by atoms with Crippen LogP contribution in [0, 0.1) is 0 Å². The van der Waals surface area contributed by atoms with Crippen LogP contribution in [0.4, 0.5) is 0 Å². The summed E-state index contributed by atoms with van der Waals surface area (Å²) in [5.74, 6) is 0.0813. The van der Waals surface area contributed by atoms with Gasteiger partial charge in [0.15, 0.2) is 6.29 Å². The number of rotatable bonds is 2. The molecule has 0 heterocycles. The van der Waals surface area contributed by atoms with Gasteiger partial charge in [-0.1, -0.05) is 22.5 Å². The normalized spacial score (nSPS) is 9.69. The van der Waals surface area contributed by atoms with Crippen LogP contribution in [-0.4, -0.2) is 11.4 Å². The lowest BCUT2D eigenvalue weighted by Crippen LogP contribution is -1.86. The first-order chi connectivity index (χ1) is 6.06. The zero-order chi connectivity index (χ0) is 10.0. The first-order valence-corrected chi connectivity index (χ1v) is 4.49. The Morgan fingerprint density at radius 1 is 1.62 bits per heavy atom. The first-order valence-electron chi connectivity index (χ1n) is 3.70. The van der Waals surface area contributed by atoms with Gasteiger partial charge in [-0.25, -0.2) is 0 Å². The molecular weight excluding hydrogens is 232 g/mol. The molecule has 0 saturated carbocycles. The van der Waals surface area contributed by atoms with E-state index in [0.29, 0.717) is 21.9 Å². The van der Waals surface area contributed by atoms with Crippen molar-refractivity contribution in [1.29, 1.82) is 0 Å². The van der Waals surface area contributed by atoms with Crippen molar-refractivity contribution >= 4 is 27.8 Å². The fourth-order valence-corrected chi connectivity index (χ4v) is 1.45. The number of hydrogen-bond acceptors (Lipinski definition) is 2. The fourth-order valence-electron chi connectivity index (χ4n) is 1.01. The number of hydrogen-bond donors (Lipinski definition) is 1. The van der Waals surface area contributed by atoms with Gasteiger partial charge in [-0.3, -0.25) is 4.79 Å². The molecule has 0 bridgehead atoms. The molecule has 0 fully saturated rings. The van der Waals surface area contributed by atoms with Gasteiger partial charge in [0.1, 0.15) is 5.75 Å². The van der Waals surface area contributed by atoms with Gasteiger partial charge < -0.3 is 5.11 Å². The maximum atomic E-state index is 10.5. The largest absolute Gasteiger partial charge is 0.507 e. The third-order valence-corrected chi connectivity index (χ3v) is 2.39. The molecule has 1 aromatic carbocycles. The minimum atomic E-state index is 0.0813. The van der Waals surface area contributed by atoms with Gasteiger partial charge >= 0.3 is 0 Å². The highest BCUT2D eigenvalue weighted by Gasteiger charge is 2.06. The first kappa shape index (κ1) is 9.99. The molecule has 0 atom stereocenters. The smallest absolute Gasteiger partial charge is 0.151 e. The van der Waals surface area contributed by atoms with Crippen LogP contribution >= 0.6 is 15.9 Å². The zero-order valence-electron chi connectivity index (χ0n) is 7.17. The van der Waals surface area contributed by atoms with Crippen LogP contribution in [0.15, 0.2) is 23.2 Å². The molecule has 0 amide bonds. The van der Waals surface area contributed by atoms with Gasteiger partial charge in [0.05, 0.1) is 0 Å². The van der Waals surface area contributed by atoms with Gasteiger partial charge in [0, 0.05) is 15.6 Å². The Morgan fingerprint density at radius 2 is 2.23 bits per heavy atom. The Labute approximate surface area is 85.0 Å². The number of phenolic OH excluding ortho intramolecular Hbond substituents is 1. The average Bonchev–Trinajstić information content (AvgIpc) is 2.07. The Kier molecular flexibility index (Phi) is 2.88. The molecule has 2 nitrogen and oxygen atoms in total. The number of halogens is 1. The lowest BCUT2D eigenvalue weighted by Gasteiger charge is -2.05. The SMILES string of the molecule is C=C(C)c1cc(Br)c(C=O)cc1O. The van der Waals surface area contributed by atoms with E-state index in [1.54, 1.807) is 13.0 Å². The molecule has 68 valence electrons. The summed E-state index contributed by atoms with van der Waals surface area (Å²) in [5, 5.41) is 9.48. The number of phenols is 1. The summed E-state index contributed by atoms with van der Waals surface area (Å²) in [6, 6.07) is 3.10. The molecular formula is C10H9BrO2. The predicted octanol–water partition coefficient (Wildman–Crippen LogP) is 3.00. The number of aromatic hydroxyl groups is 1. The molecule has 0 aromatic heterocycles. The second-order valence-electron chi connectivity index (χ2n) is 2.79. The lowest BCUT2D eigenvalue weighted by atomic mass is 10.1. The molecule has 0 aliphatic carbocycles. The van der Waals surface area contributed by atoms with E-state index in [1.165, 1.54) is 6.07 Å². The van der Waals surface area contributed by atoms with E-state index in [1.807, 2.05) is 0 Å². The Balaban J connectivity index is 3.36. The molecule has 1 rings (SSSR count). The summed E-state index contributed by atoms with van der Waals surface area (Å²) in [6.45, 7) is 5.51. The van der Waals surface area contributed by atoms with Gasteiger partial charge in [-0.2, -0.15) is 0 Å². The maximum Gasteiger partial charge on any atom is 0.151 e. The van der Waals surface area contributed by atoms with Crippen LogP contribution in [0.25, 0.3) is 5.57 Å². The van der Waals surface area contributed by atoms with Crippen LogP contribution in [-0.2, 0) is 0 Å². The summed E-state index contributed by atoms with van der Waals surface area (Å²) in [6.07, 6.45) is 0.687. The van der Waals surface area contributed by atoms with E-state index in [0.717, 1.165) is 5.57 Å². The summed E-state index contributed by atoms with van der Waals surface area (Å²) in [5.41, 5.74) is 1.84. The van der Waals surface area contributed by atoms with Crippen molar-refractivity contribution in [2.75, 3.05) is 0 Å². The molecule has 1 aromatic rings. The minimum Gasteiger partial charge on any atom is -0.507 e. The number of carbonyl (C=O) groups excluding carboxylic acids is 1. The van der Waals surface area contributed by atoms with Crippen molar-refractivity contribution < 1.29 is 9.90 Å². The third kappa shape index (κ3) is 1.98. The second kappa shape index (κ2) is 3.75. The van der Waals surface area contributed by atoms with E-state index in [4.69, 9.17) is 0 Å². The maximum absolute atomic E-state index is 10.5. The van der Waals surface area contributed by atoms with Crippen molar-refractivity contribution in [3.05, 3.63) is 34.3 Å². The van der Waals surface area contributed by atoms with Crippen molar-refractivity contribution in [3.63, 3.8) is 0 Å². The van der Waals surface area contributed by atoms with Crippen molar-refractivity contribution in [3.8, 4) is 5.75 Å². The van der Waals surface area contributed by atoms with Gasteiger partial charge in [-0.15, -0.1) is 0 Å². The van der Waals surface area contributed by atoms with Crippen LogP contribution in [0.5, 0.6) is 5.75 Å². The topological polar surface area (TPSA) is 37.3 Å². The van der Waals surface area contributed by atoms with Crippen molar-refractivity contribution in [1.82, 2.24) is 0 Å². The Morgan fingerprint density at radius 3 is 2.69 bits per heavy atom. The van der Waals surface area contributed by atoms with Crippen LogP contribution < -0.4 is 0 Å². The van der Waals surface area contributed by atoms with E-state index >= 15 is 0 Å². The summed E-state index contributed by atoms with van der Waals surface area (Å²) >= 11 is 3.23. The predicted molar refractivity (Wildman–Crippen MR) is 55.9 cm³/mol.